The molecule has 0 saturated carbocycles. The maximum Gasteiger partial charge on any atom is 0.271 e. The summed E-state index contributed by atoms with van der Waals surface area (Å²) in [5, 5.41) is 4.03. The standard InChI is InChI=1S/C22H18BrIN2O3/c1-28-21-12-17(8-9-19(21)24)22(27)26-25-13-16-7-10-20(18(23)11-16)29-14-15-5-3-2-4-6-15/h2-13H,14H2,1H3,(H,26,27)/b25-13-. The molecule has 0 aliphatic heterocycles. The maximum atomic E-state index is 12.2. The fourth-order valence-electron chi connectivity index (χ4n) is 2.48. The Balaban J connectivity index is 1.59. The second kappa shape index (κ2) is 10.4. The van der Waals surface area contributed by atoms with Crippen molar-refractivity contribution in [3.63, 3.8) is 0 Å². The van der Waals surface area contributed by atoms with Crippen LogP contribution >= 0.6 is 38.5 Å². The summed E-state index contributed by atoms with van der Waals surface area (Å²) in [6, 6.07) is 20.8. The molecule has 0 aliphatic carbocycles. The van der Waals surface area contributed by atoms with Gasteiger partial charge in [-0.15, -0.1) is 0 Å². The maximum absolute atomic E-state index is 12.2. The summed E-state index contributed by atoms with van der Waals surface area (Å²) in [5.74, 6) is 1.08. The Labute approximate surface area is 191 Å². The zero-order valence-electron chi connectivity index (χ0n) is 15.6. The molecule has 0 heterocycles. The highest BCUT2D eigenvalue weighted by atomic mass is 127. The summed E-state index contributed by atoms with van der Waals surface area (Å²) in [6.07, 6.45) is 1.58. The second-order valence-corrected chi connectivity index (χ2v) is 8.03. The Bertz CT molecular complexity index is 1030. The van der Waals surface area contributed by atoms with E-state index in [2.05, 4.69) is 49.0 Å². The van der Waals surface area contributed by atoms with Gasteiger partial charge in [0.2, 0.25) is 0 Å². The lowest BCUT2D eigenvalue weighted by atomic mass is 10.2. The lowest BCUT2D eigenvalue weighted by Gasteiger charge is -2.09. The molecule has 148 valence electrons. The number of rotatable bonds is 7. The molecule has 0 radical (unpaired) electrons. The van der Waals surface area contributed by atoms with Gasteiger partial charge >= 0.3 is 0 Å². The van der Waals surface area contributed by atoms with Gasteiger partial charge in [0.05, 0.1) is 21.4 Å². The number of amides is 1. The number of methoxy groups -OCH3 is 1. The summed E-state index contributed by atoms with van der Waals surface area (Å²) < 4.78 is 12.8. The van der Waals surface area contributed by atoms with Crippen LogP contribution in [0.5, 0.6) is 11.5 Å². The predicted octanol–water partition coefficient (Wildman–Crippen LogP) is 5.41. The summed E-state index contributed by atoms with van der Waals surface area (Å²) in [5.41, 5.74) is 4.92. The molecule has 0 spiro atoms. The molecule has 0 unspecified atom stereocenters. The molecular weight excluding hydrogens is 547 g/mol. The second-order valence-electron chi connectivity index (χ2n) is 6.01. The van der Waals surface area contributed by atoms with Gasteiger partial charge in [0.15, 0.2) is 0 Å². The molecule has 7 heteroatoms. The Morgan fingerprint density at radius 3 is 2.62 bits per heavy atom. The largest absolute Gasteiger partial charge is 0.496 e. The SMILES string of the molecule is COc1cc(C(=O)N/N=C\c2ccc(OCc3ccccc3)c(Br)c2)ccc1I. The van der Waals surface area contributed by atoms with Crippen LogP contribution in [0.4, 0.5) is 0 Å². The van der Waals surface area contributed by atoms with Gasteiger partial charge in [0, 0.05) is 5.56 Å². The van der Waals surface area contributed by atoms with Gasteiger partial charge in [-0.2, -0.15) is 5.10 Å². The van der Waals surface area contributed by atoms with Crippen LogP contribution in [0.3, 0.4) is 0 Å². The molecule has 0 aromatic heterocycles. The third-order valence-corrected chi connectivity index (χ3v) is 5.50. The quantitative estimate of drug-likeness (QED) is 0.237. The van der Waals surface area contributed by atoms with E-state index >= 15 is 0 Å². The number of nitrogens with zero attached hydrogens (tertiary/aromatic N) is 1. The predicted molar refractivity (Wildman–Crippen MR) is 126 cm³/mol. The van der Waals surface area contributed by atoms with Crippen molar-refractivity contribution in [2.24, 2.45) is 5.10 Å². The van der Waals surface area contributed by atoms with Gasteiger partial charge < -0.3 is 9.47 Å². The molecular formula is C22H18BrIN2O3. The van der Waals surface area contributed by atoms with Crippen molar-refractivity contribution < 1.29 is 14.3 Å². The Morgan fingerprint density at radius 1 is 1.10 bits per heavy atom. The van der Waals surface area contributed by atoms with Gasteiger partial charge in [0.1, 0.15) is 18.1 Å². The third-order valence-electron chi connectivity index (χ3n) is 3.99. The Kier molecular flexibility index (Phi) is 7.65. The Morgan fingerprint density at radius 2 is 1.90 bits per heavy atom. The molecule has 0 fully saturated rings. The molecule has 0 atom stereocenters. The summed E-state index contributed by atoms with van der Waals surface area (Å²) >= 11 is 5.66. The van der Waals surface area contributed by atoms with Crippen LogP contribution in [0.2, 0.25) is 0 Å². The summed E-state index contributed by atoms with van der Waals surface area (Å²) in [7, 11) is 1.57. The minimum absolute atomic E-state index is 0.308. The normalized spacial score (nSPS) is 10.7. The van der Waals surface area contributed by atoms with Crippen molar-refractivity contribution in [3.8, 4) is 11.5 Å². The lowest BCUT2D eigenvalue weighted by Crippen LogP contribution is -2.17. The smallest absolute Gasteiger partial charge is 0.271 e. The van der Waals surface area contributed by atoms with E-state index in [1.807, 2.05) is 54.6 Å². The number of halogens is 2. The van der Waals surface area contributed by atoms with Crippen molar-refractivity contribution in [3.05, 3.63) is 91.5 Å². The highest BCUT2D eigenvalue weighted by Gasteiger charge is 2.08. The number of carbonyl (C=O) groups excluding carboxylic acids is 1. The monoisotopic (exact) mass is 564 g/mol. The van der Waals surface area contributed by atoms with Crippen LogP contribution in [-0.4, -0.2) is 19.2 Å². The van der Waals surface area contributed by atoms with E-state index in [0.717, 1.165) is 24.9 Å². The van der Waals surface area contributed by atoms with E-state index in [1.165, 1.54) is 0 Å². The minimum Gasteiger partial charge on any atom is -0.496 e. The van der Waals surface area contributed by atoms with Crippen molar-refractivity contribution in [1.82, 2.24) is 5.43 Å². The van der Waals surface area contributed by atoms with Gasteiger partial charge in [0.25, 0.3) is 5.91 Å². The fourth-order valence-corrected chi connectivity index (χ4v) is 3.55. The minimum atomic E-state index is -0.308. The topological polar surface area (TPSA) is 59.9 Å². The van der Waals surface area contributed by atoms with Gasteiger partial charge in [-0.1, -0.05) is 30.3 Å². The zero-order valence-corrected chi connectivity index (χ0v) is 19.3. The number of hydrazone groups is 1. The van der Waals surface area contributed by atoms with Crippen LogP contribution in [0.25, 0.3) is 0 Å². The molecule has 3 aromatic carbocycles. The summed E-state index contributed by atoms with van der Waals surface area (Å²) in [6.45, 7) is 0.489. The van der Waals surface area contributed by atoms with Crippen LogP contribution in [0, 0.1) is 3.57 Å². The molecule has 1 N–H and O–H groups in total. The van der Waals surface area contributed by atoms with Gasteiger partial charge in [-0.3, -0.25) is 4.79 Å². The van der Waals surface area contributed by atoms with Gasteiger partial charge in [-0.25, -0.2) is 5.43 Å². The van der Waals surface area contributed by atoms with Crippen molar-refractivity contribution >= 4 is 50.6 Å². The van der Waals surface area contributed by atoms with Gasteiger partial charge in [-0.05, 0) is 86.0 Å². The van der Waals surface area contributed by atoms with Crippen molar-refractivity contribution in [2.75, 3.05) is 7.11 Å². The molecule has 0 aliphatic rings. The molecule has 0 bridgehead atoms. The van der Waals surface area contributed by atoms with Crippen LogP contribution in [-0.2, 0) is 6.61 Å². The summed E-state index contributed by atoms with van der Waals surface area (Å²) in [4.78, 5) is 12.2. The number of ether oxygens (including phenoxy) is 2. The van der Waals surface area contributed by atoms with Crippen molar-refractivity contribution in [2.45, 2.75) is 6.61 Å². The first-order valence-corrected chi connectivity index (χ1v) is 10.6. The van der Waals surface area contributed by atoms with E-state index in [9.17, 15) is 4.79 Å². The van der Waals surface area contributed by atoms with E-state index in [4.69, 9.17) is 9.47 Å². The molecule has 3 aromatic rings. The number of carbonyl (C=O) groups is 1. The highest BCUT2D eigenvalue weighted by Crippen LogP contribution is 2.26. The Hall–Kier alpha value is -2.39. The average Bonchev–Trinajstić information content (AvgIpc) is 2.74. The van der Waals surface area contributed by atoms with Crippen LogP contribution in [0.1, 0.15) is 21.5 Å². The molecule has 29 heavy (non-hydrogen) atoms. The van der Waals surface area contributed by atoms with Crippen LogP contribution in [0.15, 0.2) is 76.3 Å². The lowest BCUT2D eigenvalue weighted by molar-refractivity contribution is 0.0954. The molecule has 1 amide bonds. The van der Waals surface area contributed by atoms with E-state index in [-0.39, 0.29) is 5.91 Å². The number of benzene rings is 3. The number of nitrogens with one attached hydrogen (secondary N) is 1. The van der Waals surface area contributed by atoms with Crippen LogP contribution < -0.4 is 14.9 Å². The highest BCUT2D eigenvalue weighted by molar-refractivity contribution is 14.1. The first-order chi connectivity index (χ1) is 14.1. The first-order valence-electron chi connectivity index (χ1n) is 8.70. The fraction of sp³-hybridized carbons (Fsp3) is 0.0909. The molecule has 5 nitrogen and oxygen atoms in total. The average molecular weight is 565 g/mol. The van der Waals surface area contributed by atoms with E-state index < -0.39 is 0 Å². The first kappa shape index (κ1) is 21.3. The van der Waals surface area contributed by atoms with E-state index in [1.54, 1.807) is 25.5 Å². The number of hydrogen-bond acceptors (Lipinski definition) is 4. The van der Waals surface area contributed by atoms with E-state index in [0.29, 0.717) is 17.9 Å². The molecule has 0 saturated heterocycles. The number of hydrogen-bond donors (Lipinski definition) is 1. The van der Waals surface area contributed by atoms with Crippen molar-refractivity contribution in [1.29, 1.82) is 0 Å². The third kappa shape index (κ3) is 6.04. The molecule has 3 rings (SSSR count). The zero-order chi connectivity index (χ0) is 20.6.